The molecule has 0 saturated carbocycles. The van der Waals surface area contributed by atoms with Crippen LogP contribution in [0.3, 0.4) is 0 Å². The van der Waals surface area contributed by atoms with Gasteiger partial charge in [-0.05, 0) is 32.0 Å². The van der Waals surface area contributed by atoms with Gasteiger partial charge in [0.15, 0.2) is 0 Å². The number of benzene rings is 1. The molecule has 0 aliphatic carbocycles. The topological polar surface area (TPSA) is 24.9 Å². The Morgan fingerprint density at radius 2 is 1.95 bits per heavy atom. The average molecular weight is 321 g/mol. The molecule has 2 aromatic rings. The molecule has 2 nitrogen and oxygen atoms in total. The van der Waals surface area contributed by atoms with Crippen molar-refractivity contribution in [3.05, 3.63) is 44.4 Å². The summed E-state index contributed by atoms with van der Waals surface area (Å²) in [4.78, 5) is 5.42. The van der Waals surface area contributed by atoms with Crippen molar-refractivity contribution in [2.24, 2.45) is 0 Å². The summed E-state index contributed by atoms with van der Waals surface area (Å²) in [5.41, 5.74) is 0.503. The van der Waals surface area contributed by atoms with E-state index in [4.69, 9.17) is 11.6 Å². The molecule has 0 aliphatic rings. The Morgan fingerprint density at radius 1 is 1.25 bits per heavy atom. The molecule has 0 bridgehead atoms. The van der Waals surface area contributed by atoms with Crippen molar-refractivity contribution in [2.75, 3.05) is 5.32 Å². The van der Waals surface area contributed by atoms with E-state index in [1.807, 2.05) is 13.8 Å². The Bertz CT molecular complexity index is 603. The van der Waals surface area contributed by atoms with Gasteiger partial charge in [0.1, 0.15) is 5.01 Å². The maximum atomic E-state index is 12.7. The molecule has 0 radical (unpaired) electrons. The number of nitrogens with one attached hydrogen (secondary N) is 1. The van der Waals surface area contributed by atoms with Gasteiger partial charge in [-0.25, -0.2) is 4.98 Å². The van der Waals surface area contributed by atoms with Crippen LogP contribution in [0.2, 0.25) is 5.02 Å². The fourth-order valence-electron chi connectivity index (χ4n) is 1.65. The van der Waals surface area contributed by atoms with Crippen LogP contribution in [0, 0.1) is 13.8 Å². The van der Waals surface area contributed by atoms with E-state index in [9.17, 15) is 13.2 Å². The van der Waals surface area contributed by atoms with Gasteiger partial charge in [-0.2, -0.15) is 13.2 Å². The number of alkyl halides is 3. The molecule has 1 aromatic heterocycles. The van der Waals surface area contributed by atoms with Crippen LogP contribution in [-0.4, -0.2) is 4.98 Å². The van der Waals surface area contributed by atoms with E-state index in [1.54, 1.807) is 0 Å². The second-order valence-corrected chi connectivity index (χ2v) is 6.05. The third kappa shape index (κ3) is 3.64. The second kappa shape index (κ2) is 5.61. The standard InChI is InChI=1S/C13H12ClF3N2S/c1-7-8(2)20-12(19-7)6-18-11-4-9(13(15,16)17)3-10(14)5-11/h3-5,18H,6H2,1-2H3. The van der Waals surface area contributed by atoms with Crippen LogP contribution in [0.15, 0.2) is 18.2 Å². The van der Waals surface area contributed by atoms with Gasteiger partial charge in [-0.15, -0.1) is 11.3 Å². The third-order valence-corrected chi connectivity index (χ3v) is 4.03. The summed E-state index contributed by atoms with van der Waals surface area (Å²) in [6.45, 7) is 4.23. The predicted octanol–water partition coefficient (Wildman–Crippen LogP) is 5.04. The lowest BCUT2D eigenvalue weighted by atomic mass is 10.2. The first-order valence-electron chi connectivity index (χ1n) is 5.80. The largest absolute Gasteiger partial charge is 0.416 e. The number of anilines is 1. The maximum Gasteiger partial charge on any atom is 0.416 e. The smallest absolute Gasteiger partial charge is 0.378 e. The van der Waals surface area contributed by atoms with Crippen LogP contribution >= 0.6 is 22.9 Å². The molecule has 0 atom stereocenters. The fraction of sp³-hybridized carbons (Fsp3) is 0.308. The molecule has 1 aromatic carbocycles. The molecule has 7 heteroatoms. The number of halogens is 4. The van der Waals surface area contributed by atoms with Crippen LogP contribution in [0.4, 0.5) is 18.9 Å². The minimum absolute atomic E-state index is 0.0498. The summed E-state index contributed by atoms with van der Waals surface area (Å²) in [6.07, 6.45) is -4.41. The first-order chi connectivity index (χ1) is 9.25. The summed E-state index contributed by atoms with van der Waals surface area (Å²) in [5.74, 6) is 0. The number of aromatic nitrogens is 1. The monoisotopic (exact) mass is 320 g/mol. The van der Waals surface area contributed by atoms with E-state index in [0.717, 1.165) is 27.7 Å². The Balaban J connectivity index is 2.15. The zero-order valence-corrected chi connectivity index (χ0v) is 12.4. The normalized spacial score (nSPS) is 11.7. The molecule has 20 heavy (non-hydrogen) atoms. The predicted molar refractivity (Wildman–Crippen MR) is 75.4 cm³/mol. The SMILES string of the molecule is Cc1nc(CNc2cc(Cl)cc(C(F)(F)F)c2)sc1C. The summed E-state index contributed by atoms with van der Waals surface area (Å²) in [7, 11) is 0. The minimum Gasteiger partial charge on any atom is -0.378 e. The van der Waals surface area contributed by atoms with Crippen molar-refractivity contribution < 1.29 is 13.2 Å². The average Bonchev–Trinajstić information content (AvgIpc) is 2.65. The second-order valence-electron chi connectivity index (χ2n) is 4.33. The van der Waals surface area contributed by atoms with Crippen molar-refractivity contribution in [1.82, 2.24) is 4.98 Å². The molecule has 0 saturated heterocycles. The van der Waals surface area contributed by atoms with Crippen molar-refractivity contribution in [2.45, 2.75) is 26.6 Å². The summed E-state index contributed by atoms with van der Waals surface area (Å²) >= 11 is 7.23. The molecule has 0 unspecified atom stereocenters. The number of nitrogens with zero attached hydrogens (tertiary/aromatic N) is 1. The van der Waals surface area contributed by atoms with Gasteiger partial charge in [0.05, 0.1) is 17.8 Å². The van der Waals surface area contributed by atoms with Gasteiger partial charge >= 0.3 is 6.18 Å². The highest BCUT2D eigenvalue weighted by atomic mass is 35.5. The number of hydrogen-bond donors (Lipinski definition) is 1. The number of hydrogen-bond acceptors (Lipinski definition) is 3. The van der Waals surface area contributed by atoms with Gasteiger partial charge in [-0.1, -0.05) is 11.6 Å². The van der Waals surface area contributed by atoms with Crippen molar-refractivity contribution in [1.29, 1.82) is 0 Å². The summed E-state index contributed by atoms with van der Waals surface area (Å²) in [5, 5.41) is 3.80. The van der Waals surface area contributed by atoms with Crippen molar-refractivity contribution in [3.8, 4) is 0 Å². The first kappa shape index (κ1) is 15.1. The molecular formula is C13H12ClF3N2S. The van der Waals surface area contributed by atoms with Crippen LogP contribution in [0.1, 0.15) is 21.1 Å². The van der Waals surface area contributed by atoms with E-state index >= 15 is 0 Å². The lowest BCUT2D eigenvalue weighted by molar-refractivity contribution is -0.137. The Hall–Kier alpha value is -1.27. The fourth-order valence-corrected chi connectivity index (χ4v) is 2.76. The molecule has 0 amide bonds. The van der Waals surface area contributed by atoms with Crippen LogP contribution in [0.25, 0.3) is 0 Å². The number of rotatable bonds is 3. The van der Waals surface area contributed by atoms with E-state index in [2.05, 4.69) is 10.3 Å². The summed E-state index contributed by atoms with van der Waals surface area (Å²) < 4.78 is 38.0. The Labute approximate surface area is 123 Å². The van der Waals surface area contributed by atoms with E-state index in [0.29, 0.717) is 12.2 Å². The van der Waals surface area contributed by atoms with E-state index in [1.165, 1.54) is 17.4 Å². The van der Waals surface area contributed by atoms with Gasteiger partial charge in [0, 0.05) is 15.6 Å². The third-order valence-electron chi connectivity index (χ3n) is 2.74. The molecule has 0 aliphatic heterocycles. The quantitative estimate of drug-likeness (QED) is 0.856. The van der Waals surface area contributed by atoms with Gasteiger partial charge in [0.2, 0.25) is 0 Å². The maximum absolute atomic E-state index is 12.7. The van der Waals surface area contributed by atoms with Crippen LogP contribution < -0.4 is 5.32 Å². The van der Waals surface area contributed by atoms with E-state index in [-0.39, 0.29) is 5.02 Å². The minimum atomic E-state index is -4.41. The highest BCUT2D eigenvalue weighted by molar-refractivity contribution is 7.11. The molecule has 2 rings (SSSR count). The number of thiazole rings is 1. The highest BCUT2D eigenvalue weighted by Crippen LogP contribution is 2.33. The lowest BCUT2D eigenvalue weighted by Crippen LogP contribution is -2.06. The van der Waals surface area contributed by atoms with Crippen LogP contribution in [-0.2, 0) is 12.7 Å². The number of aryl methyl sites for hydroxylation is 2. The molecule has 108 valence electrons. The van der Waals surface area contributed by atoms with Crippen LogP contribution in [0.5, 0.6) is 0 Å². The van der Waals surface area contributed by atoms with Crippen molar-refractivity contribution in [3.63, 3.8) is 0 Å². The van der Waals surface area contributed by atoms with Gasteiger partial charge in [0.25, 0.3) is 0 Å². The van der Waals surface area contributed by atoms with E-state index < -0.39 is 11.7 Å². The molecular weight excluding hydrogens is 309 g/mol. The first-order valence-corrected chi connectivity index (χ1v) is 7.00. The van der Waals surface area contributed by atoms with Crippen molar-refractivity contribution >= 4 is 28.6 Å². The van der Waals surface area contributed by atoms with Gasteiger partial charge in [-0.3, -0.25) is 0 Å². The van der Waals surface area contributed by atoms with Gasteiger partial charge < -0.3 is 5.32 Å². The molecule has 0 fully saturated rings. The summed E-state index contributed by atoms with van der Waals surface area (Å²) in [6, 6.07) is 3.41. The molecule has 1 heterocycles. The molecule has 1 N–H and O–H groups in total. The molecule has 0 spiro atoms. The zero-order valence-electron chi connectivity index (χ0n) is 10.8. The lowest BCUT2D eigenvalue weighted by Gasteiger charge is -2.11. The Kier molecular flexibility index (Phi) is 4.25. The zero-order chi connectivity index (χ0) is 14.9. The Morgan fingerprint density at radius 3 is 2.50 bits per heavy atom. The highest BCUT2D eigenvalue weighted by Gasteiger charge is 2.31.